The third-order valence-electron chi connectivity index (χ3n) is 6.85. The van der Waals surface area contributed by atoms with Gasteiger partial charge in [0.1, 0.15) is 24.1 Å². The van der Waals surface area contributed by atoms with Crippen LogP contribution in [0.5, 0.6) is 5.88 Å². The Labute approximate surface area is 249 Å². The minimum Gasteiger partial charge on any atom is -0.473 e. The molecule has 5 aromatic rings. The Balaban J connectivity index is 1.37. The van der Waals surface area contributed by atoms with Gasteiger partial charge in [0, 0.05) is 56.8 Å². The van der Waals surface area contributed by atoms with Crippen LogP contribution in [0, 0.1) is 23.0 Å². The lowest BCUT2D eigenvalue weighted by atomic mass is 10.1. The van der Waals surface area contributed by atoms with Gasteiger partial charge in [-0.15, -0.1) is 0 Å². The van der Waals surface area contributed by atoms with Gasteiger partial charge in [-0.2, -0.15) is 5.26 Å². The van der Waals surface area contributed by atoms with Crippen LogP contribution < -0.4 is 10.0 Å². The second kappa shape index (κ2) is 13.8. The van der Waals surface area contributed by atoms with E-state index in [1.807, 2.05) is 28.8 Å². The molecule has 0 fully saturated rings. The molecule has 0 aliphatic heterocycles. The van der Waals surface area contributed by atoms with E-state index in [2.05, 4.69) is 4.98 Å². The number of aromatic nitrogens is 3. The lowest BCUT2D eigenvalue weighted by Gasteiger charge is -2.13. The van der Waals surface area contributed by atoms with Crippen LogP contribution in [0.2, 0.25) is 0 Å². The van der Waals surface area contributed by atoms with Gasteiger partial charge in [0.2, 0.25) is 14.3 Å². The molecule has 0 saturated carbocycles. The van der Waals surface area contributed by atoms with Crippen LogP contribution in [0.3, 0.4) is 0 Å². The first-order valence-corrected chi connectivity index (χ1v) is 14.6. The molecule has 5 rings (SSSR count). The van der Waals surface area contributed by atoms with Crippen molar-refractivity contribution in [1.29, 1.82) is 5.26 Å². The number of imidazole rings is 1. The Morgan fingerprint density at radius 2 is 1.67 bits per heavy atom. The van der Waals surface area contributed by atoms with Crippen LogP contribution in [0.15, 0.2) is 72.8 Å². The highest BCUT2D eigenvalue weighted by Gasteiger charge is 2.18. The average Bonchev–Trinajstić information content (AvgIpc) is 3.37. The summed E-state index contributed by atoms with van der Waals surface area (Å²) in [7, 11) is 3.64. The van der Waals surface area contributed by atoms with Gasteiger partial charge in [0.15, 0.2) is 0 Å². The highest BCUT2D eigenvalue weighted by Crippen LogP contribution is 2.36. The van der Waals surface area contributed by atoms with Gasteiger partial charge in [-0.1, -0.05) is 24.3 Å². The molecule has 0 radical (unpaired) electrons. The minimum atomic E-state index is -1.21. The van der Waals surface area contributed by atoms with Gasteiger partial charge in [0.25, 0.3) is 0 Å². The van der Waals surface area contributed by atoms with Gasteiger partial charge < -0.3 is 23.1 Å². The van der Waals surface area contributed by atoms with Gasteiger partial charge in [-0.3, -0.25) is 0 Å². The monoisotopic (exact) mass is 602 g/mol. The molecule has 0 spiro atoms. The third-order valence-corrected chi connectivity index (χ3v) is 8.21. The molecule has 2 aromatic heterocycles. The second-order valence-corrected chi connectivity index (χ2v) is 11.3. The van der Waals surface area contributed by atoms with Crippen LogP contribution in [0.4, 0.5) is 8.78 Å². The molecule has 0 N–H and O–H groups in total. The SMILES string of the molecule is COCCn1c(Cc2ccc(-c3cccc(OCc4ccc(C#N)cc4F)n3)cc2F)nc2ccc(P(OC)OC)cc21. The maximum atomic E-state index is 15.5. The van der Waals surface area contributed by atoms with Crippen molar-refractivity contribution in [2.24, 2.45) is 0 Å². The summed E-state index contributed by atoms with van der Waals surface area (Å²) >= 11 is 0. The standard InChI is InChI=1S/C32H29F2N4O4P/c1-39-14-13-38-30-18-25(43(40-2)41-3)11-12-29(30)36-31(38)17-22-9-10-23(16-27(22)34)28-5-4-6-32(37-28)42-20-24-8-7-21(19-35)15-26(24)33/h4-12,15-16,18H,13-14,17,20H2,1-3H3. The number of pyridine rings is 1. The first kappa shape index (κ1) is 30.2. The molecule has 0 amide bonds. The van der Waals surface area contributed by atoms with Crippen molar-refractivity contribution in [2.75, 3.05) is 27.9 Å². The summed E-state index contributed by atoms with van der Waals surface area (Å²) in [4.78, 5) is 9.28. The number of benzene rings is 3. The van der Waals surface area contributed by atoms with Gasteiger partial charge in [-0.25, -0.2) is 18.7 Å². The molecule has 220 valence electrons. The normalized spacial score (nSPS) is 11.3. The molecule has 0 bridgehead atoms. The molecule has 11 heteroatoms. The molecule has 3 aromatic carbocycles. The fourth-order valence-electron chi connectivity index (χ4n) is 4.69. The van der Waals surface area contributed by atoms with Crippen molar-refractivity contribution < 1.29 is 27.3 Å². The summed E-state index contributed by atoms with van der Waals surface area (Å²) < 4.78 is 53.7. The molecule has 43 heavy (non-hydrogen) atoms. The number of halogens is 2. The number of ether oxygens (including phenoxy) is 2. The topological polar surface area (TPSA) is 91.4 Å². The van der Waals surface area contributed by atoms with E-state index in [9.17, 15) is 4.39 Å². The third kappa shape index (κ3) is 6.87. The number of nitriles is 1. The Morgan fingerprint density at radius 1 is 0.884 bits per heavy atom. The largest absolute Gasteiger partial charge is 0.473 e. The first-order chi connectivity index (χ1) is 20.9. The first-order valence-electron chi connectivity index (χ1n) is 13.4. The van der Waals surface area contributed by atoms with Gasteiger partial charge in [0.05, 0.1) is 35.0 Å². The number of rotatable bonds is 12. The lowest BCUT2D eigenvalue weighted by Crippen LogP contribution is -2.11. The van der Waals surface area contributed by atoms with Gasteiger partial charge in [-0.05, 0) is 48.0 Å². The highest BCUT2D eigenvalue weighted by atomic mass is 31.2. The summed E-state index contributed by atoms with van der Waals surface area (Å²) in [6.45, 7) is 0.952. The van der Waals surface area contributed by atoms with Crippen molar-refractivity contribution in [1.82, 2.24) is 14.5 Å². The highest BCUT2D eigenvalue weighted by molar-refractivity contribution is 7.55. The zero-order valence-corrected chi connectivity index (χ0v) is 24.8. The molecule has 0 aliphatic rings. The van der Waals surface area contributed by atoms with Crippen molar-refractivity contribution in [3.8, 4) is 23.2 Å². The van der Waals surface area contributed by atoms with Crippen molar-refractivity contribution in [3.63, 3.8) is 0 Å². The Hall–Kier alpha value is -4.26. The maximum Gasteiger partial charge on any atom is 0.214 e. The smallest absolute Gasteiger partial charge is 0.214 e. The van der Waals surface area contributed by atoms with E-state index in [1.165, 1.54) is 18.2 Å². The predicted molar refractivity (Wildman–Crippen MR) is 160 cm³/mol. The summed E-state index contributed by atoms with van der Waals surface area (Å²) in [5.41, 5.74) is 3.78. The summed E-state index contributed by atoms with van der Waals surface area (Å²) in [6.07, 6.45) is 0.274. The molecule has 0 aliphatic carbocycles. The van der Waals surface area contributed by atoms with Crippen molar-refractivity contribution in [3.05, 3.63) is 107 Å². The number of hydrogen-bond donors (Lipinski definition) is 0. The number of nitrogens with zero attached hydrogens (tertiary/aromatic N) is 4. The summed E-state index contributed by atoms with van der Waals surface area (Å²) in [5, 5.41) is 9.84. The van der Waals surface area contributed by atoms with Gasteiger partial charge >= 0.3 is 0 Å². The fraction of sp³-hybridized carbons (Fsp3) is 0.219. The van der Waals surface area contributed by atoms with E-state index in [-0.39, 0.29) is 24.5 Å². The second-order valence-electron chi connectivity index (χ2n) is 9.52. The number of hydrogen-bond acceptors (Lipinski definition) is 7. The predicted octanol–water partition coefficient (Wildman–Crippen LogP) is 6.29. The Morgan fingerprint density at radius 3 is 2.40 bits per heavy atom. The van der Waals surface area contributed by atoms with E-state index >= 15 is 4.39 Å². The van der Waals surface area contributed by atoms with E-state index in [0.29, 0.717) is 41.4 Å². The average molecular weight is 603 g/mol. The maximum absolute atomic E-state index is 15.5. The van der Waals surface area contributed by atoms with E-state index in [0.717, 1.165) is 22.4 Å². The molecule has 8 nitrogen and oxygen atoms in total. The van der Waals surface area contributed by atoms with Crippen molar-refractivity contribution >= 4 is 24.7 Å². The lowest BCUT2D eigenvalue weighted by molar-refractivity contribution is 0.187. The summed E-state index contributed by atoms with van der Waals surface area (Å²) in [6, 6.07) is 22.0. The zero-order valence-electron chi connectivity index (χ0n) is 23.9. The van der Waals surface area contributed by atoms with E-state index in [4.69, 9.17) is 28.8 Å². The zero-order chi connectivity index (χ0) is 30.3. The van der Waals surface area contributed by atoms with E-state index in [1.54, 1.807) is 51.7 Å². The minimum absolute atomic E-state index is 0.0640. The number of methoxy groups -OCH3 is 1. The molecule has 2 heterocycles. The van der Waals surface area contributed by atoms with Crippen LogP contribution in [-0.2, 0) is 33.4 Å². The molecule has 0 saturated heterocycles. The van der Waals surface area contributed by atoms with Crippen LogP contribution in [0.1, 0.15) is 22.5 Å². The van der Waals surface area contributed by atoms with Crippen LogP contribution in [0.25, 0.3) is 22.3 Å². The molecule has 0 atom stereocenters. The van der Waals surface area contributed by atoms with Crippen LogP contribution >= 0.6 is 8.38 Å². The van der Waals surface area contributed by atoms with Crippen molar-refractivity contribution in [2.45, 2.75) is 19.6 Å². The summed E-state index contributed by atoms with van der Waals surface area (Å²) in [5.74, 6) is 0.0545. The Bertz CT molecular complexity index is 1790. The Kier molecular flexibility index (Phi) is 9.70. The molecule has 0 unspecified atom stereocenters. The fourth-order valence-corrected chi connectivity index (χ4v) is 5.68. The van der Waals surface area contributed by atoms with E-state index < -0.39 is 20.0 Å². The molecular formula is C32H29F2N4O4P. The van der Waals surface area contributed by atoms with Crippen LogP contribution in [-0.4, -0.2) is 42.5 Å². The number of fused-ring (bicyclic) bond motifs is 1. The quantitative estimate of drug-likeness (QED) is 0.155. The molecular weight excluding hydrogens is 573 g/mol.